The van der Waals surface area contributed by atoms with E-state index in [0.717, 1.165) is 23.1 Å². The normalized spacial score (nSPS) is 18.8. The molecular formula is C26H26F6N2O4S. The number of alkyl halides is 6. The number of rotatable bonds is 4. The van der Waals surface area contributed by atoms with Gasteiger partial charge in [0.1, 0.15) is 0 Å². The highest BCUT2D eigenvalue weighted by Gasteiger charge is 2.41. The van der Waals surface area contributed by atoms with E-state index in [0.29, 0.717) is 34.9 Å². The molecule has 13 heteroatoms. The molecule has 0 spiro atoms. The van der Waals surface area contributed by atoms with E-state index in [-0.39, 0.29) is 24.7 Å². The molecule has 212 valence electrons. The largest absolute Gasteiger partial charge is 0.453 e. The van der Waals surface area contributed by atoms with Crippen molar-refractivity contribution in [1.29, 1.82) is 0 Å². The van der Waals surface area contributed by atoms with E-state index in [1.54, 1.807) is 25.6 Å². The van der Waals surface area contributed by atoms with Gasteiger partial charge in [-0.2, -0.15) is 38.1 Å². The zero-order chi connectivity index (χ0) is 28.7. The molecule has 2 amide bonds. The van der Waals surface area contributed by atoms with Gasteiger partial charge in [-0.3, -0.25) is 9.80 Å². The number of amides is 2. The van der Waals surface area contributed by atoms with Crippen LogP contribution in [0.1, 0.15) is 59.7 Å². The quantitative estimate of drug-likeness (QED) is 0.352. The second-order valence-corrected chi connectivity index (χ2v) is 10.3. The molecule has 0 saturated heterocycles. The number of hydrogen-bond donors (Lipinski definition) is 0. The number of nitrogens with zero attached hydrogens (tertiary/aromatic N) is 2. The lowest BCUT2D eigenvalue weighted by Crippen LogP contribution is -2.47. The Morgan fingerprint density at radius 2 is 1.59 bits per heavy atom. The molecule has 2 aliphatic heterocycles. The molecule has 0 radical (unpaired) electrons. The van der Waals surface area contributed by atoms with Gasteiger partial charge in [-0.05, 0) is 66.8 Å². The van der Waals surface area contributed by atoms with Crippen LogP contribution in [-0.4, -0.2) is 36.8 Å². The molecule has 2 atom stereocenters. The highest BCUT2D eigenvalue weighted by Crippen LogP contribution is 2.46. The van der Waals surface area contributed by atoms with Crippen LogP contribution in [0, 0.1) is 0 Å². The number of hydrogen-bond acceptors (Lipinski definition) is 5. The fraction of sp³-hybridized carbons (Fsp3) is 0.462. The van der Waals surface area contributed by atoms with Gasteiger partial charge < -0.3 is 9.47 Å². The molecule has 6 nitrogen and oxygen atoms in total. The number of carbonyl (C=O) groups excluding carboxylic acids is 2. The van der Waals surface area contributed by atoms with Crippen molar-refractivity contribution in [1.82, 2.24) is 4.90 Å². The van der Waals surface area contributed by atoms with Crippen LogP contribution >= 0.6 is 11.8 Å². The summed E-state index contributed by atoms with van der Waals surface area (Å²) in [6, 6.07) is 3.62. The smallest absolute Gasteiger partial charge is 0.416 e. The maximum atomic E-state index is 13.5. The van der Waals surface area contributed by atoms with E-state index in [4.69, 9.17) is 9.47 Å². The van der Waals surface area contributed by atoms with E-state index in [9.17, 15) is 35.9 Å². The maximum Gasteiger partial charge on any atom is 0.416 e. The van der Waals surface area contributed by atoms with E-state index >= 15 is 0 Å². The Balaban J connectivity index is 1.83. The topological polar surface area (TPSA) is 59.1 Å². The fourth-order valence-corrected chi connectivity index (χ4v) is 6.08. The van der Waals surface area contributed by atoms with Gasteiger partial charge in [0.2, 0.25) is 0 Å². The van der Waals surface area contributed by atoms with Crippen molar-refractivity contribution in [3.63, 3.8) is 0 Å². The van der Waals surface area contributed by atoms with E-state index < -0.39 is 54.3 Å². The van der Waals surface area contributed by atoms with Gasteiger partial charge in [0, 0.05) is 24.1 Å². The summed E-state index contributed by atoms with van der Waals surface area (Å²) in [5.74, 6) is 1.40. The summed E-state index contributed by atoms with van der Waals surface area (Å²) in [6.45, 7) is 2.95. The summed E-state index contributed by atoms with van der Waals surface area (Å²) in [7, 11) is 1.08. The first-order valence-corrected chi connectivity index (χ1v) is 13.2. The van der Waals surface area contributed by atoms with Gasteiger partial charge in [-0.1, -0.05) is 6.07 Å². The lowest BCUT2D eigenvalue weighted by atomic mass is 9.88. The first-order valence-electron chi connectivity index (χ1n) is 12.1. The zero-order valence-electron chi connectivity index (χ0n) is 21.3. The third kappa shape index (κ3) is 5.92. The Bertz CT molecular complexity index is 1230. The van der Waals surface area contributed by atoms with Crippen molar-refractivity contribution in [2.45, 2.75) is 62.8 Å². The Morgan fingerprint density at radius 1 is 1.00 bits per heavy atom. The van der Waals surface area contributed by atoms with Crippen LogP contribution in [0.3, 0.4) is 0 Å². The van der Waals surface area contributed by atoms with Crippen LogP contribution in [0.25, 0.3) is 0 Å². The van der Waals surface area contributed by atoms with Crippen molar-refractivity contribution in [3.05, 3.63) is 63.7 Å². The molecule has 0 aliphatic carbocycles. The minimum absolute atomic E-state index is 0.0438. The monoisotopic (exact) mass is 576 g/mol. The number of fused-ring (bicyclic) bond motifs is 2. The summed E-state index contributed by atoms with van der Waals surface area (Å²) in [5, 5.41) is 0. The SMILES string of the molecule is CCOC(=O)N1c2cc3c(cc2C(N(Cc2cc(C(F)(F)F)cc(C(F)(F)F)c2)C(=O)OC)CC1C)CSC3. The molecular weight excluding hydrogens is 550 g/mol. The lowest BCUT2D eigenvalue weighted by Gasteiger charge is -2.42. The highest BCUT2D eigenvalue weighted by atomic mass is 32.2. The summed E-state index contributed by atoms with van der Waals surface area (Å²) < 4.78 is 91.1. The van der Waals surface area contributed by atoms with Crippen LogP contribution in [0.4, 0.5) is 41.6 Å². The summed E-state index contributed by atoms with van der Waals surface area (Å²) >= 11 is 1.66. The van der Waals surface area contributed by atoms with E-state index in [2.05, 4.69) is 0 Å². The Labute approximate surface area is 225 Å². The zero-order valence-corrected chi connectivity index (χ0v) is 22.1. The second kappa shape index (κ2) is 10.8. The minimum Gasteiger partial charge on any atom is -0.453 e. The van der Waals surface area contributed by atoms with Crippen LogP contribution in [0.2, 0.25) is 0 Å². The Kier molecular flexibility index (Phi) is 8.02. The molecule has 0 saturated carbocycles. The molecule has 0 fully saturated rings. The molecule has 2 aliphatic rings. The molecule has 2 heterocycles. The predicted molar refractivity (Wildman–Crippen MR) is 132 cm³/mol. The predicted octanol–water partition coefficient (Wildman–Crippen LogP) is 7.54. The number of thioether (sulfide) groups is 1. The standard InChI is InChI=1S/C26H26F6N2O4S/c1-4-38-24(36)34-14(2)5-21(20-8-16-12-39-13-17(16)9-22(20)34)33(23(35)37-3)11-15-6-18(25(27,28)29)10-19(7-15)26(30,31)32/h6-10,14,21H,4-5,11-13H2,1-3H3. The van der Waals surface area contributed by atoms with Gasteiger partial charge >= 0.3 is 24.5 Å². The molecule has 4 rings (SSSR count). The van der Waals surface area contributed by atoms with Crippen molar-refractivity contribution in [3.8, 4) is 0 Å². The van der Waals surface area contributed by atoms with Gasteiger partial charge in [-0.15, -0.1) is 0 Å². The summed E-state index contributed by atoms with van der Waals surface area (Å²) in [5.41, 5.74) is -0.316. The number of halogens is 6. The van der Waals surface area contributed by atoms with Crippen molar-refractivity contribution < 1.29 is 45.4 Å². The lowest BCUT2D eigenvalue weighted by molar-refractivity contribution is -0.143. The number of methoxy groups -OCH3 is 1. The average molecular weight is 577 g/mol. The number of carbonyl (C=O) groups is 2. The molecule has 2 unspecified atom stereocenters. The van der Waals surface area contributed by atoms with Crippen LogP contribution in [-0.2, 0) is 39.9 Å². The van der Waals surface area contributed by atoms with Gasteiger partial charge in [0.15, 0.2) is 0 Å². The fourth-order valence-electron chi connectivity index (χ4n) is 5.00. The van der Waals surface area contributed by atoms with Gasteiger partial charge in [0.05, 0.1) is 36.6 Å². The van der Waals surface area contributed by atoms with Crippen molar-refractivity contribution >= 4 is 29.6 Å². The molecule has 0 N–H and O–H groups in total. The van der Waals surface area contributed by atoms with Crippen molar-refractivity contribution in [2.24, 2.45) is 0 Å². The van der Waals surface area contributed by atoms with Gasteiger partial charge in [-0.25, -0.2) is 9.59 Å². The first-order chi connectivity index (χ1) is 18.2. The highest BCUT2D eigenvalue weighted by molar-refractivity contribution is 7.98. The maximum absolute atomic E-state index is 13.5. The molecule has 0 aromatic heterocycles. The van der Waals surface area contributed by atoms with Crippen molar-refractivity contribution in [2.75, 3.05) is 18.6 Å². The third-order valence-electron chi connectivity index (χ3n) is 6.74. The van der Waals surface area contributed by atoms with Gasteiger partial charge in [0.25, 0.3) is 0 Å². The molecule has 2 aromatic rings. The van der Waals surface area contributed by atoms with Crippen LogP contribution < -0.4 is 4.90 Å². The molecule has 39 heavy (non-hydrogen) atoms. The first kappa shape index (κ1) is 28.9. The van der Waals surface area contributed by atoms with Crippen LogP contribution in [0.15, 0.2) is 30.3 Å². The number of benzene rings is 2. The molecule has 0 bridgehead atoms. The second-order valence-electron chi connectivity index (χ2n) is 9.35. The minimum atomic E-state index is -5.03. The third-order valence-corrected chi connectivity index (χ3v) is 7.77. The number of anilines is 1. The van der Waals surface area contributed by atoms with E-state index in [1.165, 1.54) is 4.90 Å². The Hall–Kier alpha value is -3.09. The van der Waals surface area contributed by atoms with Crippen LogP contribution in [0.5, 0.6) is 0 Å². The van der Waals surface area contributed by atoms with E-state index in [1.807, 2.05) is 12.1 Å². The summed E-state index contributed by atoms with van der Waals surface area (Å²) in [4.78, 5) is 28.5. The average Bonchev–Trinajstić information content (AvgIpc) is 3.31. The number of ether oxygens (including phenoxy) is 2. The molecule has 2 aromatic carbocycles. The Morgan fingerprint density at radius 3 is 2.13 bits per heavy atom. The summed E-state index contributed by atoms with van der Waals surface area (Å²) in [6.07, 6.45) is -11.4.